The van der Waals surface area contributed by atoms with Gasteiger partial charge in [0.05, 0.1) is 0 Å². The lowest BCUT2D eigenvalue weighted by Crippen LogP contribution is -2.34. The predicted molar refractivity (Wildman–Crippen MR) is 96.8 cm³/mol. The van der Waals surface area contributed by atoms with E-state index in [1.54, 1.807) is 0 Å². The lowest BCUT2D eigenvalue weighted by Gasteiger charge is -2.19. The van der Waals surface area contributed by atoms with E-state index in [9.17, 15) is 4.79 Å². The molecule has 0 saturated heterocycles. The second kappa shape index (κ2) is 8.16. The lowest BCUT2D eigenvalue weighted by atomic mass is 10.0. The third-order valence-electron chi connectivity index (χ3n) is 4.12. The normalized spacial score (nSPS) is 11.8. The van der Waals surface area contributed by atoms with Crippen molar-refractivity contribution in [3.05, 3.63) is 96.3 Å². The summed E-state index contributed by atoms with van der Waals surface area (Å²) < 4.78 is 1.98. The monoisotopic (exact) mass is 318 g/mol. The minimum atomic E-state index is -0.224. The topological polar surface area (TPSA) is 34.0 Å². The first-order valence-corrected chi connectivity index (χ1v) is 8.31. The van der Waals surface area contributed by atoms with Crippen LogP contribution in [0.25, 0.3) is 0 Å². The van der Waals surface area contributed by atoms with E-state index >= 15 is 0 Å². The third kappa shape index (κ3) is 4.35. The first-order valence-electron chi connectivity index (χ1n) is 8.31. The molecule has 1 amide bonds. The van der Waals surface area contributed by atoms with Gasteiger partial charge in [-0.1, -0.05) is 60.7 Å². The summed E-state index contributed by atoms with van der Waals surface area (Å²) in [5.41, 5.74) is 2.40. The van der Waals surface area contributed by atoms with Crippen molar-refractivity contribution in [3.63, 3.8) is 0 Å². The Balaban J connectivity index is 1.63. The van der Waals surface area contributed by atoms with E-state index in [0.717, 1.165) is 12.0 Å². The zero-order chi connectivity index (χ0) is 16.6. The highest BCUT2D eigenvalue weighted by Crippen LogP contribution is 2.15. The summed E-state index contributed by atoms with van der Waals surface area (Å²) in [6.07, 6.45) is 5.43. The van der Waals surface area contributed by atoms with Crippen LogP contribution < -0.4 is 5.32 Å². The van der Waals surface area contributed by atoms with Crippen LogP contribution in [0.1, 0.15) is 17.2 Å². The van der Waals surface area contributed by atoms with Gasteiger partial charge in [-0.3, -0.25) is 4.79 Å². The molecule has 0 spiro atoms. The number of amides is 1. The molecule has 0 bridgehead atoms. The Morgan fingerprint density at radius 2 is 1.42 bits per heavy atom. The van der Waals surface area contributed by atoms with Gasteiger partial charge < -0.3 is 9.88 Å². The van der Waals surface area contributed by atoms with Crippen molar-refractivity contribution in [2.45, 2.75) is 18.9 Å². The number of hydrogen-bond acceptors (Lipinski definition) is 1. The maximum atomic E-state index is 12.7. The van der Waals surface area contributed by atoms with Gasteiger partial charge >= 0.3 is 0 Å². The number of nitrogens with one attached hydrogen (secondary N) is 1. The van der Waals surface area contributed by atoms with Crippen molar-refractivity contribution in [2.75, 3.05) is 6.54 Å². The van der Waals surface area contributed by atoms with Crippen LogP contribution >= 0.6 is 0 Å². The van der Waals surface area contributed by atoms with Crippen molar-refractivity contribution in [3.8, 4) is 0 Å². The van der Waals surface area contributed by atoms with Gasteiger partial charge in [0.25, 0.3) is 0 Å². The molecule has 3 nitrogen and oxygen atoms in total. The molecule has 0 aliphatic carbocycles. The van der Waals surface area contributed by atoms with Crippen LogP contribution in [-0.2, 0) is 17.6 Å². The molecule has 1 N–H and O–H groups in total. The fourth-order valence-electron chi connectivity index (χ4n) is 2.82. The molecule has 0 aliphatic rings. The molecule has 0 radical (unpaired) electrons. The molecular formula is C21H22N2O. The lowest BCUT2D eigenvalue weighted by molar-refractivity contribution is -0.124. The molecule has 1 atom stereocenters. The van der Waals surface area contributed by atoms with Crippen LogP contribution in [0.2, 0.25) is 0 Å². The minimum absolute atomic E-state index is 0.0611. The van der Waals surface area contributed by atoms with Gasteiger partial charge in [0.1, 0.15) is 6.04 Å². The van der Waals surface area contributed by atoms with Crippen LogP contribution in [0.5, 0.6) is 0 Å². The summed E-state index contributed by atoms with van der Waals surface area (Å²) in [7, 11) is 0. The molecule has 122 valence electrons. The van der Waals surface area contributed by atoms with E-state index in [-0.39, 0.29) is 11.9 Å². The zero-order valence-corrected chi connectivity index (χ0v) is 13.6. The second-order valence-corrected chi connectivity index (χ2v) is 5.86. The Hall–Kier alpha value is -2.81. The molecule has 24 heavy (non-hydrogen) atoms. The summed E-state index contributed by atoms with van der Waals surface area (Å²) in [5, 5.41) is 3.08. The Labute approximate surface area is 143 Å². The number of nitrogens with zero attached hydrogens (tertiary/aromatic N) is 1. The third-order valence-corrected chi connectivity index (χ3v) is 4.12. The first-order chi connectivity index (χ1) is 11.8. The van der Waals surface area contributed by atoms with Crippen LogP contribution in [0.15, 0.2) is 85.2 Å². The Kier molecular flexibility index (Phi) is 5.46. The molecule has 3 aromatic rings. The molecule has 0 fully saturated rings. The molecule has 2 aromatic carbocycles. The summed E-state index contributed by atoms with van der Waals surface area (Å²) in [6.45, 7) is 0.648. The molecule has 1 aromatic heterocycles. The van der Waals surface area contributed by atoms with E-state index in [2.05, 4.69) is 29.6 Å². The van der Waals surface area contributed by atoms with Crippen molar-refractivity contribution in [1.29, 1.82) is 0 Å². The van der Waals surface area contributed by atoms with Gasteiger partial charge in [-0.05, 0) is 29.7 Å². The fourth-order valence-corrected chi connectivity index (χ4v) is 2.82. The van der Waals surface area contributed by atoms with E-state index < -0.39 is 0 Å². The summed E-state index contributed by atoms with van der Waals surface area (Å²) in [5.74, 6) is 0.0611. The van der Waals surface area contributed by atoms with Gasteiger partial charge in [0.15, 0.2) is 0 Å². The van der Waals surface area contributed by atoms with Crippen molar-refractivity contribution in [2.24, 2.45) is 0 Å². The Morgan fingerprint density at radius 3 is 2.04 bits per heavy atom. The Bertz CT molecular complexity index is 736. The number of carbonyl (C=O) groups is 1. The van der Waals surface area contributed by atoms with E-state index in [1.165, 1.54) is 5.56 Å². The molecule has 1 unspecified atom stereocenters. The fraction of sp³-hybridized carbons (Fsp3) is 0.190. The largest absolute Gasteiger partial charge is 0.354 e. The highest BCUT2D eigenvalue weighted by molar-refractivity contribution is 5.80. The SMILES string of the molecule is O=C(NCCc1ccccc1)C(Cc1ccccc1)n1cccc1. The van der Waals surface area contributed by atoms with Crippen molar-refractivity contribution in [1.82, 2.24) is 9.88 Å². The van der Waals surface area contributed by atoms with Gasteiger partial charge in [-0.25, -0.2) is 0 Å². The van der Waals surface area contributed by atoms with Gasteiger partial charge in [0.2, 0.25) is 5.91 Å². The molecule has 1 heterocycles. The van der Waals surface area contributed by atoms with Crippen LogP contribution in [-0.4, -0.2) is 17.0 Å². The van der Waals surface area contributed by atoms with E-state index in [1.807, 2.05) is 65.5 Å². The smallest absolute Gasteiger partial charge is 0.243 e. The van der Waals surface area contributed by atoms with Crippen molar-refractivity contribution < 1.29 is 4.79 Å². The zero-order valence-electron chi connectivity index (χ0n) is 13.6. The first kappa shape index (κ1) is 16.1. The molecule has 0 aliphatic heterocycles. The maximum Gasteiger partial charge on any atom is 0.243 e. The highest BCUT2D eigenvalue weighted by Gasteiger charge is 2.19. The summed E-state index contributed by atoms with van der Waals surface area (Å²) in [4.78, 5) is 12.7. The number of benzene rings is 2. The maximum absolute atomic E-state index is 12.7. The summed E-state index contributed by atoms with van der Waals surface area (Å²) in [6, 6.07) is 24.0. The molecular weight excluding hydrogens is 296 g/mol. The Morgan fingerprint density at radius 1 is 0.833 bits per heavy atom. The standard InChI is InChI=1S/C21H22N2O/c24-21(22-14-13-18-9-3-1-4-10-18)20(23-15-7-8-16-23)17-19-11-5-2-6-12-19/h1-12,15-16,20H,13-14,17H2,(H,22,24). The van der Waals surface area contributed by atoms with Crippen molar-refractivity contribution >= 4 is 5.91 Å². The quantitative estimate of drug-likeness (QED) is 0.709. The second-order valence-electron chi connectivity index (χ2n) is 5.86. The average molecular weight is 318 g/mol. The van der Waals surface area contributed by atoms with Crippen LogP contribution in [0.3, 0.4) is 0 Å². The molecule has 0 saturated carbocycles. The summed E-state index contributed by atoms with van der Waals surface area (Å²) >= 11 is 0. The molecule has 3 heteroatoms. The minimum Gasteiger partial charge on any atom is -0.354 e. The van der Waals surface area contributed by atoms with E-state index in [0.29, 0.717) is 13.0 Å². The number of carbonyl (C=O) groups excluding carboxylic acids is 1. The molecule has 3 rings (SSSR count). The van der Waals surface area contributed by atoms with Gasteiger partial charge in [-0.15, -0.1) is 0 Å². The predicted octanol–water partition coefficient (Wildman–Crippen LogP) is 3.63. The van der Waals surface area contributed by atoms with Gasteiger partial charge in [-0.2, -0.15) is 0 Å². The average Bonchev–Trinajstić information content (AvgIpc) is 3.16. The van der Waals surface area contributed by atoms with E-state index in [4.69, 9.17) is 0 Å². The number of aromatic nitrogens is 1. The number of rotatable bonds is 7. The van der Waals surface area contributed by atoms with Gasteiger partial charge in [0, 0.05) is 25.4 Å². The highest BCUT2D eigenvalue weighted by atomic mass is 16.2. The van der Waals surface area contributed by atoms with Crippen LogP contribution in [0, 0.1) is 0 Å². The van der Waals surface area contributed by atoms with Crippen LogP contribution in [0.4, 0.5) is 0 Å². The number of hydrogen-bond donors (Lipinski definition) is 1.